The highest BCUT2D eigenvalue weighted by atomic mass is 16.2. The zero-order valence-electron chi connectivity index (χ0n) is 14.4. The minimum Gasteiger partial charge on any atom is -0.295 e. The van der Waals surface area contributed by atoms with Crippen molar-refractivity contribution in [3.05, 3.63) is 66.2 Å². The molecule has 2 aliphatic rings. The van der Waals surface area contributed by atoms with Gasteiger partial charge in [-0.3, -0.25) is 24.6 Å². The normalized spacial score (nSPS) is 18.9. The van der Waals surface area contributed by atoms with Crippen LogP contribution in [-0.4, -0.2) is 23.8 Å². The molecular formula is C22H16N2O3. The summed E-state index contributed by atoms with van der Waals surface area (Å²) in [6, 6.07) is 19.0. The number of anilines is 1. The lowest BCUT2D eigenvalue weighted by Gasteiger charge is -2.30. The highest BCUT2D eigenvalue weighted by Gasteiger charge is 2.40. The minimum absolute atomic E-state index is 0.187. The predicted octanol–water partition coefficient (Wildman–Crippen LogP) is 3.27. The van der Waals surface area contributed by atoms with E-state index >= 15 is 0 Å². The number of rotatable bonds is 2. The van der Waals surface area contributed by atoms with E-state index in [1.807, 2.05) is 54.6 Å². The van der Waals surface area contributed by atoms with Crippen LogP contribution in [0.2, 0.25) is 0 Å². The zero-order valence-corrected chi connectivity index (χ0v) is 14.4. The third kappa shape index (κ3) is 2.35. The highest BCUT2D eigenvalue weighted by Crippen LogP contribution is 2.41. The summed E-state index contributed by atoms with van der Waals surface area (Å²) in [5, 5.41) is 4.18. The van der Waals surface area contributed by atoms with Gasteiger partial charge in [0.15, 0.2) is 0 Å². The Morgan fingerprint density at radius 2 is 1.70 bits per heavy atom. The number of imide groups is 1. The molecule has 0 aliphatic carbocycles. The Hall–Kier alpha value is -3.47. The second-order valence-corrected chi connectivity index (χ2v) is 6.91. The average Bonchev–Trinajstić information content (AvgIpc) is 2.96. The molecule has 0 radical (unpaired) electrons. The van der Waals surface area contributed by atoms with Crippen molar-refractivity contribution in [2.45, 2.75) is 18.9 Å². The number of carbonyl (C=O) groups is 3. The molecule has 0 bridgehead atoms. The Kier molecular flexibility index (Phi) is 3.37. The molecule has 2 heterocycles. The molecule has 1 saturated heterocycles. The van der Waals surface area contributed by atoms with Gasteiger partial charge in [-0.25, -0.2) is 0 Å². The lowest BCUT2D eigenvalue weighted by molar-refractivity contribution is -0.134. The first-order valence-corrected chi connectivity index (χ1v) is 8.93. The fourth-order valence-electron chi connectivity index (χ4n) is 4.05. The first-order valence-electron chi connectivity index (χ1n) is 8.93. The summed E-state index contributed by atoms with van der Waals surface area (Å²) in [6.45, 7) is 0. The maximum absolute atomic E-state index is 13.2. The van der Waals surface area contributed by atoms with Crippen molar-refractivity contribution >= 4 is 34.2 Å². The minimum atomic E-state index is -0.659. The predicted molar refractivity (Wildman–Crippen MR) is 102 cm³/mol. The third-order valence-electron chi connectivity index (χ3n) is 5.29. The van der Waals surface area contributed by atoms with Crippen LogP contribution in [0.3, 0.4) is 0 Å². The van der Waals surface area contributed by atoms with Crippen molar-refractivity contribution in [3.8, 4) is 11.1 Å². The fourth-order valence-corrected chi connectivity index (χ4v) is 4.05. The lowest BCUT2D eigenvalue weighted by Crippen LogP contribution is -2.53. The van der Waals surface area contributed by atoms with Gasteiger partial charge in [-0.2, -0.15) is 0 Å². The Labute approximate surface area is 155 Å². The molecule has 2 aliphatic heterocycles. The number of carbonyl (C=O) groups excluding carboxylic acids is 3. The molecule has 5 nitrogen and oxygen atoms in total. The van der Waals surface area contributed by atoms with E-state index in [0.29, 0.717) is 12.0 Å². The van der Waals surface area contributed by atoms with Gasteiger partial charge in [-0.1, -0.05) is 42.5 Å². The molecule has 5 heteroatoms. The standard InChI is InChI=1S/C22H16N2O3/c25-19-10-9-18(21(26)23-19)24-17-8-4-7-14-11-15(13-5-2-1-3-6-13)12-16(20(14)17)22(24)27/h1-8,11-12,18H,9-10H2,(H,23,25,26). The van der Waals surface area contributed by atoms with Gasteiger partial charge in [0, 0.05) is 11.8 Å². The maximum atomic E-state index is 13.2. The van der Waals surface area contributed by atoms with Gasteiger partial charge in [0.2, 0.25) is 11.8 Å². The molecule has 0 spiro atoms. The van der Waals surface area contributed by atoms with Crippen LogP contribution in [0.15, 0.2) is 60.7 Å². The molecule has 1 atom stereocenters. The van der Waals surface area contributed by atoms with Gasteiger partial charge < -0.3 is 0 Å². The van der Waals surface area contributed by atoms with E-state index in [-0.39, 0.29) is 18.2 Å². The number of amides is 3. The first-order chi connectivity index (χ1) is 13.1. The summed E-state index contributed by atoms with van der Waals surface area (Å²) in [4.78, 5) is 38.7. The lowest BCUT2D eigenvalue weighted by atomic mass is 9.97. The van der Waals surface area contributed by atoms with E-state index in [1.54, 1.807) is 4.90 Å². The molecule has 1 fully saturated rings. The van der Waals surface area contributed by atoms with E-state index in [9.17, 15) is 14.4 Å². The topological polar surface area (TPSA) is 66.5 Å². The second kappa shape index (κ2) is 5.77. The van der Waals surface area contributed by atoms with Gasteiger partial charge in [0.05, 0.1) is 11.3 Å². The van der Waals surface area contributed by atoms with Crippen molar-refractivity contribution in [2.75, 3.05) is 4.90 Å². The Bertz CT molecular complexity index is 1120. The van der Waals surface area contributed by atoms with E-state index < -0.39 is 11.9 Å². The molecule has 0 saturated carbocycles. The number of hydrogen-bond acceptors (Lipinski definition) is 3. The summed E-state index contributed by atoms with van der Waals surface area (Å²) in [5.41, 5.74) is 3.34. The number of benzene rings is 3. The number of nitrogens with one attached hydrogen (secondary N) is 1. The van der Waals surface area contributed by atoms with Crippen molar-refractivity contribution in [1.29, 1.82) is 0 Å². The molecule has 1 unspecified atom stereocenters. The van der Waals surface area contributed by atoms with Crippen LogP contribution in [-0.2, 0) is 9.59 Å². The Balaban J connectivity index is 1.66. The van der Waals surface area contributed by atoms with Gasteiger partial charge >= 0.3 is 0 Å². The summed E-state index contributed by atoms with van der Waals surface area (Å²) < 4.78 is 0. The highest BCUT2D eigenvalue weighted by molar-refractivity contribution is 6.27. The van der Waals surface area contributed by atoms with Crippen LogP contribution in [0.4, 0.5) is 5.69 Å². The summed E-state index contributed by atoms with van der Waals surface area (Å²) in [5.74, 6) is -0.883. The van der Waals surface area contributed by atoms with Gasteiger partial charge in [0.25, 0.3) is 5.91 Å². The molecule has 1 N–H and O–H groups in total. The molecule has 27 heavy (non-hydrogen) atoms. The summed E-state index contributed by atoms with van der Waals surface area (Å²) in [6.07, 6.45) is 0.577. The molecule has 3 aromatic rings. The van der Waals surface area contributed by atoms with Crippen molar-refractivity contribution in [2.24, 2.45) is 0 Å². The average molecular weight is 356 g/mol. The quantitative estimate of drug-likeness (QED) is 0.717. The third-order valence-corrected chi connectivity index (χ3v) is 5.29. The van der Waals surface area contributed by atoms with Crippen LogP contribution in [0, 0.1) is 0 Å². The van der Waals surface area contributed by atoms with Gasteiger partial charge in [-0.15, -0.1) is 0 Å². The van der Waals surface area contributed by atoms with E-state index in [0.717, 1.165) is 27.6 Å². The van der Waals surface area contributed by atoms with Gasteiger partial charge in [-0.05, 0) is 41.1 Å². The van der Waals surface area contributed by atoms with Crippen molar-refractivity contribution in [1.82, 2.24) is 5.32 Å². The fraction of sp³-hybridized carbons (Fsp3) is 0.136. The largest absolute Gasteiger partial charge is 0.295 e. The van der Waals surface area contributed by atoms with Crippen molar-refractivity contribution < 1.29 is 14.4 Å². The molecular weight excluding hydrogens is 340 g/mol. The van der Waals surface area contributed by atoms with Crippen molar-refractivity contribution in [3.63, 3.8) is 0 Å². The maximum Gasteiger partial charge on any atom is 0.259 e. The van der Waals surface area contributed by atoms with E-state index in [2.05, 4.69) is 11.4 Å². The first kappa shape index (κ1) is 15.8. The zero-order chi connectivity index (χ0) is 18.5. The number of nitrogens with zero attached hydrogens (tertiary/aromatic N) is 1. The Morgan fingerprint density at radius 1 is 0.889 bits per heavy atom. The number of piperidine rings is 1. The second-order valence-electron chi connectivity index (χ2n) is 6.91. The van der Waals surface area contributed by atoms with Crippen LogP contribution >= 0.6 is 0 Å². The summed E-state index contributed by atoms with van der Waals surface area (Å²) in [7, 11) is 0. The Morgan fingerprint density at radius 3 is 2.48 bits per heavy atom. The molecule has 3 amide bonds. The van der Waals surface area contributed by atoms with Crippen LogP contribution in [0.1, 0.15) is 23.2 Å². The smallest absolute Gasteiger partial charge is 0.259 e. The van der Waals surface area contributed by atoms with E-state index in [1.165, 1.54) is 0 Å². The van der Waals surface area contributed by atoms with E-state index in [4.69, 9.17) is 0 Å². The molecule has 0 aromatic heterocycles. The number of hydrogen-bond donors (Lipinski definition) is 1. The molecule has 132 valence electrons. The molecule has 5 rings (SSSR count). The van der Waals surface area contributed by atoms with Crippen LogP contribution in [0.5, 0.6) is 0 Å². The summed E-state index contributed by atoms with van der Waals surface area (Å²) >= 11 is 0. The monoisotopic (exact) mass is 356 g/mol. The van der Waals surface area contributed by atoms with Crippen LogP contribution < -0.4 is 10.2 Å². The van der Waals surface area contributed by atoms with Crippen LogP contribution in [0.25, 0.3) is 21.9 Å². The van der Waals surface area contributed by atoms with Gasteiger partial charge in [0.1, 0.15) is 6.04 Å². The SMILES string of the molecule is O=C1CCC(N2C(=O)c3cc(-c4ccccc4)cc4cccc2c34)C(=O)N1. The molecule has 3 aromatic carbocycles.